The Hall–Kier alpha value is -1.84. The number of benzene rings is 2. The Labute approximate surface area is 119 Å². The van der Waals surface area contributed by atoms with Crippen molar-refractivity contribution in [3.8, 4) is 5.75 Å². The van der Waals surface area contributed by atoms with E-state index in [4.69, 9.17) is 14.6 Å². The van der Waals surface area contributed by atoms with Crippen molar-refractivity contribution in [2.45, 2.75) is 19.6 Å². The van der Waals surface area contributed by atoms with Crippen LogP contribution in [0.15, 0.2) is 54.6 Å². The van der Waals surface area contributed by atoms with Gasteiger partial charge >= 0.3 is 0 Å². The molecule has 0 heterocycles. The maximum absolute atomic E-state index is 8.94. The van der Waals surface area contributed by atoms with E-state index in [1.54, 1.807) is 0 Å². The molecule has 20 heavy (non-hydrogen) atoms. The van der Waals surface area contributed by atoms with Gasteiger partial charge in [0.2, 0.25) is 0 Å². The average Bonchev–Trinajstić information content (AvgIpc) is 2.52. The van der Waals surface area contributed by atoms with E-state index in [-0.39, 0.29) is 6.61 Å². The van der Waals surface area contributed by atoms with Crippen LogP contribution in [-0.4, -0.2) is 18.3 Å². The summed E-state index contributed by atoms with van der Waals surface area (Å²) in [5, 5.41) is 8.94. The van der Waals surface area contributed by atoms with E-state index in [1.807, 2.05) is 42.5 Å². The van der Waals surface area contributed by atoms with E-state index in [0.29, 0.717) is 19.8 Å². The van der Waals surface area contributed by atoms with Crippen LogP contribution in [0.1, 0.15) is 17.5 Å². The number of aliphatic hydroxyl groups is 1. The van der Waals surface area contributed by atoms with Gasteiger partial charge in [-0.05, 0) is 23.3 Å². The van der Waals surface area contributed by atoms with Crippen LogP contribution in [0.2, 0.25) is 0 Å². The lowest BCUT2D eigenvalue weighted by Crippen LogP contribution is -2.03. The molecule has 2 aromatic rings. The van der Waals surface area contributed by atoms with Gasteiger partial charge in [-0.1, -0.05) is 42.5 Å². The molecule has 0 aliphatic heterocycles. The monoisotopic (exact) mass is 272 g/mol. The Bertz CT molecular complexity index is 479. The lowest BCUT2D eigenvalue weighted by atomic mass is 10.2. The molecule has 0 aromatic heterocycles. The molecule has 0 saturated heterocycles. The zero-order chi connectivity index (χ0) is 14.0. The summed E-state index contributed by atoms with van der Waals surface area (Å²) in [7, 11) is 0. The quantitative estimate of drug-likeness (QED) is 0.750. The van der Waals surface area contributed by atoms with Crippen LogP contribution >= 0.6 is 0 Å². The van der Waals surface area contributed by atoms with Gasteiger partial charge in [0.05, 0.1) is 26.4 Å². The predicted molar refractivity (Wildman–Crippen MR) is 78.6 cm³/mol. The maximum Gasteiger partial charge on any atom is 0.119 e. The molecule has 0 fully saturated rings. The maximum atomic E-state index is 8.94. The summed E-state index contributed by atoms with van der Waals surface area (Å²) in [6, 6.07) is 17.6. The Morgan fingerprint density at radius 3 is 2.25 bits per heavy atom. The highest BCUT2D eigenvalue weighted by Crippen LogP contribution is 2.12. The molecule has 1 N–H and O–H groups in total. The fourth-order valence-electron chi connectivity index (χ4n) is 1.81. The summed E-state index contributed by atoms with van der Waals surface area (Å²) in [5.74, 6) is 0.824. The van der Waals surface area contributed by atoms with E-state index < -0.39 is 0 Å². The van der Waals surface area contributed by atoms with E-state index >= 15 is 0 Å². The molecule has 0 spiro atoms. The molecule has 0 radical (unpaired) electrons. The molecule has 0 amide bonds. The fraction of sp³-hybridized carbons (Fsp3) is 0.294. The zero-order valence-corrected chi connectivity index (χ0v) is 11.5. The molecular weight excluding hydrogens is 252 g/mol. The van der Waals surface area contributed by atoms with Gasteiger partial charge in [-0.15, -0.1) is 0 Å². The summed E-state index contributed by atoms with van der Waals surface area (Å²) in [5.41, 5.74) is 2.08. The third-order valence-corrected chi connectivity index (χ3v) is 2.92. The Kier molecular flexibility index (Phi) is 6.08. The smallest absolute Gasteiger partial charge is 0.119 e. The van der Waals surface area contributed by atoms with Gasteiger partial charge < -0.3 is 14.6 Å². The van der Waals surface area contributed by atoms with Crippen LogP contribution in [0.5, 0.6) is 5.75 Å². The normalized spacial score (nSPS) is 10.4. The number of hydrogen-bond donors (Lipinski definition) is 1. The molecular formula is C17H20O3. The van der Waals surface area contributed by atoms with Gasteiger partial charge in [-0.25, -0.2) is 0 Å². The van der Waals surface area contributed by atoms with Gasteiger partial charge in [-0.2, -0.15) is 0 Å². The molecule has 3 heteroatoms. The standard InChI is InChI=1S/C17H20O3/c18-13-15-7-9-17(10-8-15)20-12-4-11-19-14-16-5-2-1-3-6-16/h1-3,5-10,18H,4,11-14H2. The second-order valence-electron chi connectivity index (χ2n) is 4.54. The highest BCUT2D eigenvalue weighted by atomic mass is 16.5. The Morgan fingerprint density at radius 2 is 1.55 bits per heavy atom. The van der Waals surface area contributed by atoms with Gasteiger partial charge in [0.25, 0.3) is 0 Å². The van der Waals surface area contributed by atoms with Crippen molar-refractivity contribution < 1.29 is 14.6 Å². The third-order valence-electron chi connectivity index (χ3n) is 2.92. The topological polar surface area (TPSA) is 38.7 Å². The highest BCUT2D eigenvalue weighted by Gasteiger charge is 1.96. The number of hydrogen-bond acceptors (Lipinski definition) is 3. The van der Waals surface area contributed by atoms with Crippen LogP contribution < -0.4 is 4.74 Å². The van der Waals surface area contributed by atoms with Crippen LogP contribution in [0.4, 0.5) is 0 Å². The first-order valence-electron chi connectivity index (χ1n) is 6.83. The minimum atomic E-state index is 0.0631. The molecule has 2 aromatic carbocycles. The van der Waals surface area contributed by atoms with Gasteiger partial charge in [0.15, 0.2) is 0 Å². The Balaban J connectivity index is 1.57. The molecule has 106 valence electrons. The number of ether oxygens (including phenoxy) is 2. The van der Waals surface area contributed by atoms with Gasteiger partial charge in [-0.3, -0.25) is 0 Å². The van der Waals surface area contributed by atoms with Crippen molar-refractivity contribution in [2.75, 3.05) is 13.2 Å². The average molecular weight is 272 g/mol. The lowest BCUT2D eigenvalue weighted by Gasteiger charge is -2.07. The van der Waals surface area contributed by atoms with Crippen molar-refractivity contribution in [1.29, 1.82) is 0 Å². The second kappa shape index (κ2) is 8.35. The van der Waals surface area contributed by atoms with Crippen molar-refractivity contribution in [3.63, 3.8) is 0 Å². The number of rotatable bonds is 8. The van der Waals surface area contributed by atoms with Crippen molar-refractivity contribution in [1.82, 2.24) is 0 Å². The van der Waals surface area contributed by atoms with Crippen LogP contribution in [0.25, 0.3) is 0 Å². The van der Waals surface area contributed by atoms with Crippen LogP contribution in [0.3, 0.4) is 0 Å². The van der Waals surface area contributed by atoms with E-state index in [0.717, 1.165) is 17.7 Å². The SMILES string of the molecule is OCc1ccc(OCCCOCc2ccccc2)cc1. The fourth-order valence-corrected chi connectivity index (χ4v) is 1.81. The summed E-state index contributed by atoms with van der Waals surface area (Å²) in [4.78, 5) is 0. The first kappa shape index (κ1) is 14.6. The molecule has 0 unspecified atom stereocenters. The first-order chi connectivity index (χ1) is 9.88. The van der Waals surface area contributed by atoms with E-state index in [2.05, 4.69) is 12.1 Å². The predicted octanol–water partition coefficient (Wildman–Crippen LogP) is 3.16. The largest absolute Gasteiger partial charge is 0.494 e. The molecule has 2 rings (SSSR count). The molecule has 0 aliphatic rings. The zero-order valence-electron chi connectivity index (χ0n) is 11.5. The molecule has 3 nitrogen and oxygen atoms in total. The lowest BCUT2D eigenvalue weighted by molar-refractivity contribution is 0.107. The summed E-state index contributed by atoms with van der Waals surface area (Å²) >= 11 is 0. The van der Waals surface area contributed by atoms with Crippen LogP contribution in [-0.2, 0) is 18.0 Å². The minimum absolute atomic E-state index is 0.0631. The number of aliphatic hydroxyl groups excluding tert-OH is 1. The van der Waals surface area contributed by atoms with Crippen molar-refractivity contribution >= 4 is 0 Å². The van der Waals surface area contributed by atoms with Crippen molar-refractivity contribution in [3.05, 3.63) is 65.7 Å². The molecule has 0 aliphatic carbocycles. The molecule has 0 bridgehead atoms. The summed E-state index contributed by atoms with van der Waals surface area (Å²) in [6.45, 7) is 2.02. The Morgan fingerprint density at radius 1 is 0.800 bits per heavy atom. The minimum Gasteiger partial charge on any atom is -0.494 e. The van der Waals surface area contributed by atoms with E-state index in [1.165, 1.54) is 5.56 Å². The highest BCUT2D eigenvalue weighted by molar-refractivity contribution is 5.26. The first-order valence-corrected chi connectivity index (χ1v) is 6.83. The van der Waals surface area contributed by atoms with E-state index in [9.17, 15) is 0 Å². The van der Waals surface area contributed by atoms with Crippen molar-refractivity contribution in [2.24, 2.45) is 0 Å². The van der Waals surface area contributed by atoms with Crippen LogP contribution in [0, 0.1) is 0 Å². The summed E-state index contributed by atoms with van der Waals surface area (Å²) in [6.07, 6.45) is 0.856. The molecule has 0 atom stereocenters. The summed E-state index contributed by atoms with van der Waals surface area (Å²) < 4.78 is 11.2. The third kappa shape index (κ3) is 5.03. The van der Waals surface area contributed by atoms with Gasteiger partial charge in [0, 0.05) is 6.42 Å². The van der Waals surface area contributed by atoms with Gasteiger partial charge in [0.1, 0.15) is 5.75 Å². The molecule has 0 saturated carbocycles. The second-order valence-corrected chi connectivity index (χ2v) is 4.54.